The third kappa shape index (κ3) is 4.09. The fraction of sp³-hybridized carbons (Fsp3) is 0.308. The van der Waals surface area contributed by atoms with Crippen LogP contribution in [0.25, 0.3) is 0 Å². The molecule has 0 saturated heterocycles. The summed E-state index contributed by atoms with van der Waals surface area (Å²) in [6, 6.07) is 5.65. The van der Waals surface area contributed by atoms with E-state index in [1.165, 1.54) is 23.1 Å². The molecule has 21 heavy (non-hydrogen) atoms. The van der Waals surface area contributed by atoms with Crippen LogP contribution in [-0.4, -0.2) is 28.4 Å². The molecule has 1 heterocycles. The van der Waals surface area contributed by atoms with Crippen LogP contribution >= 0.6 is 34.7 Å². The van der Waals surface area contributed by atoms with E-state index in [-0.39, 0.29) is 11.2 Å². The summed E-state index contributed by atoms with van der Waals surface area (Å²) in [7, 11) is 1.62. The molecule has 0 spiro atoms. The first kappa shape index (κ1) is 16.1. The molecular weight excluding hydrogens is 328 g/mol. The van der Waals surface area contributed by atoms with Gasteiger partial charge in [-0.25, -0.2) is 0 Å². The number of rotatable bonds is 5. The van der Waals surface area contributed by atoms with Crippen LogP contribution in [0, 0.1) is 6.92 Å². The Kier molecular flexibility index (Phi) is 5.44. The van der Waals surface area contributed by atoms with Gasteiger partial charge in [0.25, 0.3) is 0 Å². The molecule has 0 aliphatic carbocycles. The van der Waals surface area contributed by atoms with Gasteiger partial charge in [-0.2, -0.15) is 0 Å². The zero-order valence-corrected chi connectivity index (χ0v) is 14.2. The molecule has 0 aliphatic heterocycles. The number of halogens is 1. The minimum absolute atomic E-state index is 0.0320. The predicted molar refractivity (Wildman–Crippen MR) is 88.8 cm³/mol. The van der Waals surface area contributed by atoms with Crippen LogP contribution in [-0.2, 0) is 4.79 Å². The minimum atomic E-state index is -0.205. The Bertz CT molecular complexity index is 647. The van der Waals surface area contributed by atoms with Gasteiger partial charge in [-0.1, -0.05) is 40.8 Å². The predicted octanol–water partition coefficient (Wildman–Crippen LogP) is 3.47. The smallest absolute Gasteiger partial charge is 0.233 e. The Labute approximate surface area is 136 Å². The summed E-state index contributed by atoms with van der Waals surface area (Å²) < 4.78 is 0.744. The summed E-state index contributed by atoms with van der Waals surface area (Å²) in [4.78, 5) is 11.5. The van der Waals surface area contributed by atoms with E-state index in [0.717, 1.165) is 15.6 Å². The van der Waals surface area contributed by atoms with Gasteiger partial charge in [-0.3, -0.25) is 4.79 Å². The minimum Gasteiger partial charge on any atom is -0.358 e. The summed E-state index contributed by atoms with van der Waals surface area (Å²) in [6.07, 6.45) is 0. The number of amides is 1. The molecule has 2 aromatic rings. The molecule has 1 unspecified atom stereocenters. The number of benzene rings is 1. The molecule has 1 atom stereocenters. The molecule has 0 saturated carbocycles. The van der Waals surface area contributed by atoms with Crippen LogP contribution in [0.2, 0.25) is 5.02 Å². The molecule has 2 N–H and O–H groups in total. The number of thioether (sulfide) groups is 1. The molecule has 0 radical (unpaired) electrons. The van der Waals surface area contributed by atoms with Crippen molar-refractivity contribution in [1.29, 1.82) is 0 Å². The number of nitrogens with zero attached hydrogens (tertiary/aromatic N) is 2. The molecule has 5 nitrogen and oxygen atoms in total. The highest BCUT2D eigenvalue weighted by Gasteiger charge is 2.16. The molecule has 0 aliphatic rings. The van der Waals surface area contributed by atoms with E-state index in [2.05, 4.69) is 20.8 Å². The van der Waals surface area contributed by atoms with Gasteiger partial charge in [-0.05, 0) is 31.5 Å². The van der Waals surface area contributed by atoms with Gasteiger partial charge in [0.2, 0.25) is 11.0 Å². The monoisotopic (exact) mass is 342 g/mol. The number of hydrogen-bond donors (Lipinski definition) is 2. The zero-order valence-electron chi connectivity index (χ0n) is 11.8. The van der Waals surface area contributed by atoms with E-state index in [4.69, 9.17) is 11.6 Å². The fourth-order valence-electron chi connectivity index (χ4n) is 1.57. The van der Waals surface area contributed by atoms with Gasteiger partial charge in [0.05, 0.1) is 5.25 Å². The van der Waals surface area contributed by atoms with Gasteiger partial charge >= 0.3 is 0 Å². The number of carbonyl (C=O) groups is 1. The number of aromatic nitrogens is 2. The SMILES string of the molecule is CNC(=O)C(C)Sc1nnc(Nc2cccc(Cl)c2C)s1. The molecule has 1 aromatic heterocycles. The molecule has 8 heteroatoms. The Balaban J connectivity index is 2.06. The van der Waals surface area contributed by atoms with Gasteiger partial charge in [0, 0.05) is 17.8 Å². The van der Waals surface area contributed by atoms with Crippen molar-refractivity contribution in [3.63, 3.8) is 0 Å². The Morgan fingerprint density at radius 3 is 2.90 bits per heavy atom. The number of nitrogens with one attached hydrogen (secondary N) is 2. The van der Waals surface area contributed by atoms with Crippen molar-refractivity contribution < 1.29 is 4.79 Å². The average molecular weight is 343 g/mol. The highest BCUT2D eigenvalue weighted by molar-refractivity contribution is 8.02. The Hall–Kier alpha value is -1.31. The molecule has 1 aromatic carbocycles. The van der Waals surface area contributed by atoms with Gasteiger partial charge in [0.1, 0.15) is 0 Å². The molecule has 0 bridgehead atoms. The summed E-state index contributed by atoms with van der Waals surface area (Å²) in [5, 5.41) is 15.1. The van der Waals surface area contributed by atoms with E-state index in [1.807, 2.05) is 32.0 Å². The highest BCUT2D eigenvalue weighted by Crippen LogP contribution is 2.32. The van der Waals surface area contributed by atoms with Crippen molar-refractivity contribution in [1.82, 2.24) is 15.5 Å². The second-order valence-corrected chi connectivity index (χ2v) is 7.26. The first-order valence-corrected chi connectivity index (χ1v) is 8.32. The lowest BCUT2D eigenvalue weighted by atomic mass is 10.2. The number of carbonyl (C=O) groups excluding carboxylic acids is 1. The van der Waals surface area contributed by atoms with Crippen molar-refractivity contribution in [2.45, 2.75) is 23.4 Å². The first-order valence-electron chi connectivity index (χ1n) is 6.25. The third-order valence-electron chi connectivity index (χ3n) is 2.81. The molecule has 112 valence electrons. The van der Waals surface area contributed by atoms with Crippen LogP contribution in [0.1, 0.15) is 12.5 Å². The van der Waals surface area contributed by atoms with Crippen molar-refractivity contribution in [2.75, 3.05) is 12.4 Å². The third-order valence-corrected chi connectivity index (χ3v) is 5.24. The fourth-order valence-corrected chi connectivity index (χ4v) is 3.72. The summed E-state index contributed by atoms with van der Waals surface area (Å²) in [5.74, 6) is -0.0320. The average Bonchev–Trinajstić information content (AvgIpc) is 2.90. The summed E-state index contributed by atoms with van der Waals surface area (Å²) in [6.45, 7) is 3.77. The largest absolute Gasteiger partial charge is 0.358 e. The molecule has 2 rings (SSSR count). The first-order chi connectivity index (χ1) is 10.0. The maximum absolute atomic E-state index is 11.5. The van der Waals surface area contributed by atoms with E-state index in [0.29, 0.717) is 10.2 Å². The van der Waals surface area contributed by atoms with Crippen molar-refractivity contribution >= 4 is 51.4 Å². The lowest BCUT2D eigenvalue weighted by Crippen LogP contribution is -2.27. The van der Waals surface area contributed by atoms with Crippen molar-refractivity contribution in [3.05, 3.63) is 28.8 Å². The maximum Gasteiger partial charge on any atom is 0.233 e. The Morgan fingerprint density at radius 1 is 1.43 bits per heavy atom. The van der Waals surface area contributed by atoms with Crippen LogP contribution < -0.4 is 10.6 Å². The summed E-state index contributed by atoms with van der Waals surface area (Å²) in [5.41, 5.74) is 1.86. The van der Waals surface area contributed by atoms with Crippen LogP contribution in [0.5, 0.6) is 0 Å². The van der Waals surface area contributed by atoms with Gasteiger partial charge in [-0.15, -0.1) is 10.2 Å². The molecular formula is C13H15ClN4OS2. The van der Waals surface area contributed by atoms with Crippen molar-refractivity contribution in [2.24, 2.45) is 0 Å². The van der Waals surface area contributed by atoms with Crippen molar-refractivity contribution in [3.8, 4) is 0 Å². The van der Waals surface area contributed by atoms with Gasteiger partial charge < -0.3 is 10.6 Å². The lowest BCUT2D eigenvalue weighted by molar-refractivity contribution is -0.119. The molecule has 0 fully saturated rings. The van der Waals surface area contributed by atoms with Crippen LogP contribution in [0.3, 0.4) is 0 Å². The molecule has 1 amide bonds. The van der Waals surface area contributed by atoms with E-state index < -0.39 is 0 Å². The summed E-state index contributed by atoms with van der Waals surface area (Å²) >= 11 is 8.87. The van der Waals surface area contributed by atoms with E-state index in [1.54, 1.807) is 7.05 Å². The maximum atomic E-state index is 11.5. The van der Waals surface area contributed by atoms with Gasteiger partial charge in [0.15, 0.2) is 4.34 Å². The number of anilines is 2. The lowest BCUT2D eigenvalue weighted by Gasteiger charge is -2.07. The van der Waals surface area contributed by atoms with Crippen LogP contribution in [0.4, 0.5) is 10.8 Å². The second-order valence-electron chi connectivity index (χ2n) is 4.28. The zero-order chi connectivity index (χ0) is 15.4. The van der Waals surface area contributed by atoms with E-state index >= 15 is 0 Å². The van der Waals surface area contributed by atoms with Crippen LogP contribution in [0.15, 0.2) is 22.5 Å². The second kappa shape index (κ2) is 7.11. The number of hydrogen-bond acceptors (Lipinski definition) is 6. The van der Waals surface area contributed by atoms with E-state index in [9.17, 15) is 4.79 Å². The quantitative estimate of drug-likeness (QED) is 0.814. The highest BCUT2D eigenvalue weighted by atomic mass is 35.5. The topological polar surface area (TPSA) is 66.9 Å². The standard InChI is InChI=1S/C13H15ClN4OS2/c1-7-9(14)5-4-6-10(7)16-12-17-18-13(21-12)20-8(2)11(19)15-3/h4-6,8H,1-3H3,(H,15,19)(H,16,17). The Morgan fingerprint density at radius 2 is 2.19 bits per heavy atom. The normalized spacial score (nSPS) is 12.0.